The third-order valence-electron chi connectivity index (χ3n) is 2.70. The van der Waals surface area contributed by atoms with Crippen LogP contribution < -0.4 is 5.32 Å². The maximum atomic E-state index is 3.56. The molecule has 1 aromatic carbocycles. The second-order valence-corrected chi connectivity index (χ2v) is 6.45. The van der Waals surface area contributed by atoms with Crippen molar-refractivity contribution in [3.05, 3.63) is 34.3 Å². The summed E-state index contributed by atoms with van der Waals surface area (Å²) in [7, 11) is 0. The van der Waals surface area contributed by atoms with Gasteiger partial charge < -0.3 is 5.32 Å². The molecule has 1 N–H and O–H groups in total. The molecule has 2 heteroatoms. The largest absolute Gasteiger partial charge is 0.310 e. The number of rotatable bonds is 4. The lowest BCUT2D eigenvalue weighted by Crippen LogP contribution is -2.23. The van der Waals surface area contributed by atoms with Crippen molar-refractivity contribution >= 4 is 15.9 Å². The van der Waals surface area contributed by atoms with E-state index in [1.54, 1.807) is 0 Å². The summed E-state index contributed by atoms with van der Waals surface area (Å²) in [6.07, 6.45) is 1.20. The summed E-state index contributed by atoms with van der Waals surface area (Å²) >= 11 is 3.45. The Balaban J connectivity index is 2.41. The van der Waals surface area contributed by atoms with Crippen LogP contribution in [0.1, 0.15) is 45.7 Å². The number of hydrogen-bond donors (Lipinski definition) is 1. The standard InChI is InChI=1S/C14H22BrN/c1-11(16-10-9-14(2,3)4)12-5-7-13(15)8-6-12/h5-8,11,16H,9-10H2,1-4H3/t11-/m0/s1. The molecule has 0 heterocycles. The highest BCUT2D eigenvalue weighted by Gasteiger charge is 2.10. The minimum absolute atomic E-state index is 0.409. The highest BCUT2D eigenvalue weighted by atomic mass is 79.9. The number of benzene rings is 1. The van der Waals surface area contributed by atoms with Gasteiger partial charge in [-0.05, 0) is 43.0 Å². The first kappa shape index (κ1) is 13.7. The fourth-order valence-corrected chi connectivity index (χ4v) is 1.80. The van der Waals surface area contributed by atoms with Gasteiger partial charge in [-0.2, -0.15) is 0 Å². The smallest absolute Gasteiger partial charge is 0.0291 e. The summed E-state index contributed by atoms with van der Waals surface area (Å²) in [5.41, 5.74) is 1.75. The first-order valence-electron chi connectivity index (χ1n) is 5.87. The fraction of sp³-hybridized carbons (Fsp3) is 0.571. The van der Waals surface area contributed by atoms with Gasteiger partial charge in [0.2, 0.25) is 0 Å². The first-order valence-corrected chi connectivity index (χ1v) is 6.67. The SMILES string of the molecule is C[C@H](NCCC(C)(C)C)c1ccc(Br)cc1. The average Bonchev–Trinajstić information content (AvgIpc) is 2.16. The normalized spacial score (nSPS) is 13.8. The van der Waals surface area contributed by atoms with Crippen LogP contribution in [0.3, 0.4) is 0 Å². The molecule has 0 saturated heterocycles. The van der Waals surface area contributed by atoms with Gasteiger partial charge in [-0.1, -0.05) is 48.8 Å². The minimum atomic E-state index is 0.409. The lowest BCUT2D eigenvalue weighted by molar-refractivity contribution is 0.358. The zero-order chi connectivity index (χ0) is 12.2. The van der Waals surface area contributed by atoms with Crippen LogP contribution in [0.25, 0.3) is 0 Å². The molecule has 1 nitrogen and oxygen atoms in total. The summed E-state index contributed by atoms with van der Waals surface area (Å²) in [6, 6.07) is 8.95. The molecule has 0 aliphatic carbocycles. The van der Waals surface area contributed by atoms with Crippen LogP contribution in [0.4, 0.5) is 0 Å². The van der Waals surface area contributed by atoms with Gasteiger partial charge in [0.15, 0.2) is 0 Å². The van der Waals surface area contributed by atoms with Crippen molar-refractivity contribution in [1.29, 1.82) is 0 Å². The third-order valence-corrected chi connectivity index (χ3v) is 3.22. The van der Waals surface area contributed by atoms with Gasteiger partial charge in [0.05, 0.1) is 0 Å². The van der Waals surface area contributed by atoms with Crippen molar-refractivity contribution in [2.24, 2.45) is 5.41 Å². The maximum absolute atomic E-state index is 3.56. The average molecular weight is 284 g/mol. The highest BCUT2D eigenvalue weighted by Crippen LogP contribution is 2.19. The van der Waals surface area contributed by atoms with E-state index in [-0.39, 0.29) is 0 Å². The Labute approximate surface area is 108 Å². The van der Waals surface area contributed by atoms with E-state index >= 15 is 0 Å². The van der Waals surface area contributed by atoms with Crippen molar-refractivity contribution < 1.29 is 0 Å². The van der Waals surface area contributed by atoms with Gasteiger partial charge in [0.1, 0.15) is 0 Å². The summed E-state index contributed by atoms with van der Waals surface area (Å²) in [6.45, 7) is 10.1. The van der Waals surface area contributed by atoms with E-state index in [2.05, 4.69) is 73.2 Å². The van der Waals surface area contributed by atoms with Crippen LogP contribution in [0.15, 0.2) is 28.7 Å². The van der Waals surface area contributed by atoms with Crippen LogP contribution in [-0.2, 0) is 0 Å². The molecule has 0 saturated carbocycles. The molecule has 0 spiro atoms. The second-order valence-electron chi connectivity index (χ2n) is 5.54. The second kappa shape index (κ2) is 5.83. The van der Waals surface area contributed by atoms with E-state index in [0.29, 0.717) is 11.5 Å². The Bertz CT molecular complexity index is 311. The van der Waals surface area contributed by atoms with E-state index < -0.39 is 0 Å². The molecular weight excluding hydrogens is 262 g/mol. The molecular formula is C14H22BrN. The summed E-state index contributed by atoms with van der Waals surface area (Å²) in [5.74, 6) is 0. The Morgan fingerprint density at radius 3 is 2.25 bits per heavy atom. The molecule has 0 amide bonds. The molecule has 1 rings (SSSR count). The zero-order valence-corrected chi connectivity index (χ0v) is 12.3. The molecule has 1 aromatic rings. The molecule has 0 radical (unpaired) electrons. The molecule has 0 fully saturated rings. The van der Waals surface area contributed by atoms with Gasteiger partial charge in [0.25, 0.3) is 0 Å². The monoisotopic (exact) mass is 283 g/mol. The summed E-state index contributed by atoms with van der Waals surface area (Å²) in [4.78, 5) is 0. The van der Waals surface area contributed by atoms with E-state index in [1.165, 1.54) is 12.0 Å². The predicted octanol–water partition coefficient (Wildman–Crippen LogP) is 4.54. The molecule has 0 aliphatic rings. The van der Waals surface area contributed by atoms with Crippen molar-refractivity contribution in [1.82, 2.24) is 5.32 Å². The number of hydrogen-bond acceptors (Lipinski definition) is 1. The molecule has 0 unspecified atom stereocenters. The zero-order valence-electron chi connectivity index (χ0n) is 10.7. The van der Waals surface area contributed by atoms with Crippen LogP contribution in [-0.4, -0.2) is 6.54 Å². The van der Waals surface area contributed by atoms with Crippen LogP contribution >= 0.6 is 15.9 Å². The maximum Gasteiger partial charge on any atom is 0.0291 e. The van der Waals surface area contributed by atoms with E-state index in [9.17, 15) is 0 Å². The molecule has 16 heavy (non-hydrogen) atoms. The lowest BCUT2D eigenvalue weighted by atomic mass is 9.92. The topological polar surface area (TPSA) is 12.0 Å². The van der Waals surface area contributed by atoms with Gasteiger partial charge in [-0.25, -0.2) is 0 Å². The van der Waals surface area contributed by atoms with Crippen LogP contribution in [0.5, 0.6) is 0 Å². The Morgan fingerprint density at radius 1 is 1.19 bits per heavy atom. The number of nitrogens with one attached hydrogen (secondary N) is 1. The van der Waals surface area contributed by atoms with E-state index in [0.717, 1.165) is 11.0 Å². The van der Waals surface area contributed by atoms with Crippen LogP contribution in [0, 0.1) is 5.41 Å². The Hall–Kier alpha value is -0.340. The third kappa shape index (κ3) is 5.13. The summed E-state index contributed by atoms with van der Waals surface area (Å²) < 4.78 is 1.14. The summed E-state index contributed by atoms with van der Waals surface area (Å²) in [5, 5.41) is 3.56. The van der Waals surface area contributed by atoms with Crippen LogP contribution in [0.2, 0.25) is 0 Å². The van der Waals surface area contributed by atoms with Crippen molar-refractivity contribution in [3.8, 4) is 0 Å². The Morgan fingerprint density at radius 2 is 1.75 bits per heavy atom. The Kier molecular flexibility index (Phi) is 5.00. The van der Waals surface area contributed by atoms with Crippen molar-refractivity contribution in [2.45, 2.75) is 40.2 Å². The molecule has 0 bridgehead atoms. The highest BCUT2D eigenvalue weighted by molar-refractivity contribution is 9.10. The minimum Gasteiger partial charge on any atom is -0.310 e. The molecule has 1 atom stereocenters. The quantitative estimate of drug-likeness (QED) is 0.856. The van der Waals surface area contributed by atoms with Crippen molar-refractivity contribution in [3.63, 3.8) is 0 Å². The first-order chi connectivity index (χ1) is 7.38. The van der Waals surface area contributed by atoms with Gasteiger partial charge >= 0.3 is 0 Å². The van der Waals surface area contributed by atoms with Crippen molar-refractivity contribution in [2.75, 3.05) is 6.54 Å². The fourth-order valence-electron chi connectivity index (χ4n) is 1.53. The molecule has 0 aromatic heterocycles. The lowest BCUT2D eigenvalue weighted by Gasteiger charge is -2.21. The predicted molar refractivity (Wildman–Crippen MR) is 74.6 cm³/mol. The van der Waals surface area contributed by atoms with Gasteiger partial charge in [-0.15, -0.1) is 0 Å². The number of halogens is 1. The molecule has 90 valence electrons. The van der Waals surface area contributed by atoms with E-state index in [4.69, 9.17) is 0 Å². The molecule has 0 aliphatic heterocycles. The van der Waals surface area contributed by atoms with Gasteiger partial charge in [-0.3, -0.25) is 0 Å². The van der Waals surface area contributed by atoms with Gasteiger partial charge in [0, 0.05) is 10.5 Å². The van der Waals surface area contributed by atoms with E-state index in [1.807, 2.05) is 0 Å².